The number of hydrogen-bond donors (Lipinski definition) is 1. The fourth-order valence-electron chi connectivity index (χ4n) is 3.51. The number of rotatable bonds is 3. The first-order valence-electron chi connectivity index (χ1n) is 9.19. The molecule has 1 amide bonds. The summed E-state index contributed by atoms with van der Waals surface area (Å²) in [4.78, 5) is 19.4. The Balaban J connectivity index is 1.51. The van der Waals surface area contributed by atoms with Gasteiger partial charge in [0.1, 0.15) is 11.3 Å². The summed E-state index contributed by atoms with van der Waals surface area (Å²) in [7, 11) is 0. The number of benzene rings is 2. The van der Waals surface area contributed by atoms with Crippen LogP contribution in [0.4, 0.5) is 15.2 Å². The molecule has 27 heavy (non-hydrogen) atoms. The molecule has 2 aromatic carbocycles. The highest BCUT2D eigenvalue weighted by Gasteiger charge is 2.28. The molecule has 1 aliphatic heterocycles. The number of carbonyl (C=O) groups excluding carboxylic acids is 1. The number of hydrogen-bond acceptors (Lipinski definition) is 4. The first-order chi connectivity index (χ1) is 13.0. The van der Waals surface area contributed by atoms with Gasteiger partial charge in [0.2, 0.25) is 5.91 Å². The summed E-state index contributed by atoms with van der Waals surface area (Å²) in [5.41, 5.74) is 3.47. The molecule has 1 aliphatic rings. The van der Waals surface area contributed by atoms with Gasteiger partial charge in [0.05, 0.1) is 10.6 Å². The summed E-state index contributed by atoms with van der Waals surface area (Å²) < 4.78 is 14.8. The summed E-state index contributed by atoms with van der Waals surface area (Å²) in [5.74, 6) is -0.354. The van der Waals surface area contributed by atoms with E-state index in [2.05, 4.69) is 15.2 Å². The number of amides is 1. The molecule has 0 aliphatic carbocycles. The van der Waals surface area contributed by atoms with Crippen LogP contribution < -0.4 is 10.2 Å². The molecule has 1 aromatic heterocycles. The third kappa shape index (κ3) is 3.67. The molecule has 1 unspecified atom stereocenters. The Labute approximate surface area is 162 Å². The number of nitrogens with one attached hydrogen (secondary N) is 1. The predicted octanol–water partition coefficient (Wildman–Crippen LogP) is 4.91. The van der Waals surface area contributed by atoms with Crippen LogP contribution in [0.5, 0.6) is 0 Å². The average Bonchev–Trinajstić information content (AvgIpc) is 3.11. The van der Waals surface area contributed by atoms with Crippen LogP contribution in [0.3, 0.4) is 0 Å². The van der Waals surface area contributed by atoms with Crippen molar-refractivity contribution in [2.24, 2.45) is 5.92 Å². The van der Waals surface area contributed by atoms with Crippen LogP contribution in [-0.2, 0) is 4.79 Å². The van der Waals surface area contributed by atoms with Crippen LogP contribution >= 0.6 is 11.3 Å². The Bertz CT molecular complexity index is 1000. The number of nitrogens with zero attached hydrogens (tertiary/aromatic N) is 2. The van der Waals surface area contributed by atoms with E-state index in [-0.39, 0.29) is 17.6 Å². The molecular formula is C21H22FN3OS. The van der Waals surface area contributed by atoms with Crippen molar-refractivity contribution < 1.29 is 9.18 Å². The summed E-state index contributed by atoms with van der Waals surface area (Å²) >= 11 is 1.48. The fourth-order valence-corrected chi connectivity index (χ4v) is 4.52. The van der Waals surface area contributed by atoms with Gasteiger partial charge >= 0.3 is 0 Å². The van der Waals surface area contributed by atoms with Gasteiger partial charge < -0.3 is 10.2 Å². The zero-order chi connectivity index (χ0) is 19.0. The zero-order valence-electron chi connectivity index (χ0n) is 15.5. The number of piperidine rings is 1. The van der Waals surface area contributed by atoms with Gasteiger partial charge in [0, 0.05) is 18.8 Å². The van der Waals surface area contributed by atoms with Crippen molar-refractivity contribution in [3.05, 3.63) is 53.3 Å². The topological polar surface area (TPSA) is 45.2 Å². The number of aromatic nitrogens is 1. The first kappa shape index (κ1) is 17.9. The summed E-state index contributed by atoms with van der Waals surface area (Å²) in [5, 5.41) is 3.88. The zero-order valence-corrected chi connectivity index (χ0v) is 16.3. The molecule has 3 aromatic rings. The summed E-state index contributed by atoms with van der Waals surface area (Å²) in [6.45, 7) is 5.47. The van der Waals surface area contributed by atoms with E-state index in [0.29, 0.717) is 12.1 Å². The van der Waals surface area contributed by atoms with Gasteiger partial charge in [-0.3, -0.25) is 4.79 Å². The van der Waals surface area contributed by atoms with Crippen molar-refractivity contribution in [1.29, 1.82) is 0 Å². The number of carbonyl (C=O) groups is 1. The van der Waals surface area contributed by atoms with Crippen LogP contribution in [0.15, 0.2) is 36.4 Å². The second kappa shape index (κ2) is 7.27. The highest BCUT2D eigenvalue weighted by Crippen LogP contribution is 2.33. The second-order valence-electron chi connectivity index (χ2n) is 7.18. The lowest BCUT2D eigenvalue weighted by Gasteiger charge is -2.31. The largest absolute Gasteiger partial charge is 0.347 e. The van der Waals surface area contributed by atoms with Crippen LogP contribution in [-0.4, -0.2) is 24.0 Å². The highest BCUT2D eigenvalue weighted by molar-refractivity contribution is 7.22. The Morgan fingerprint density at radius 1 is 1.30 bits per heavy atom. The van der Waals surface area contributed by atoms with Gasteiger partial charge in [-0.1, -0.05) is 29.5 Å². The molecule has 0 saturated carbocycles. The van der Waals surface area contributed by atoms with Crippen LogP contribution in [0.25, 0.3) is 10.2 Å². The third-order valence-corrected chi connectivity index (χ3v) is 6.15. The van der Waals surface area contributed by atoms with E-state index in [1.165, 1.54) is 17.4 Å². The van der Waals surface area contributed by atoms with E-state index in [1.807, 2.05) is 38.1 Å². The minimum absolute atomic E-state index is 0.0423. The second-order valence-corrected chi connectivity index (χ2v) is 8.18. The van der Waals surface area contributed by atoms with Gasteiger partial charge in [0.25, 0.3) is 0 Å². The molecule has 1 atom stereocenters. The summed E-state index contributed by atoms with van der Waals surface area (Å²) in [6, 6.07) is 11.1. The molecule has 0 radical (unpaired) electrons. The van der Waals surface area contributed by atoms with Crippen molar-refractivity contribution in [2.45, 2.75) is 26.7 Å². The molecule has 0 spiro atoms. The van der Waals surface area contributed by atoms with E-state index in [4.69, 9.17) is 0 Å². The van der Waals surface area contributed by atoms with E-state index in [9.17, 15) is 9.18 Å². The van der Waals surface area contributed by atoms with E-state index in [0.717, 1.165) is 46.0 Å². The first-order valence-corrected chi connectivity index (χ1v) is 10.0. The van der Waals surface area contributed by atoms with Gasteiger partial charge in [-0.25, -0.2) is 9.37 Å². The number of aryl methyl sites for hydroxylation is 2. The monoisotopic (exact) mass is 383 g/mol. The lowest BCUT2D eigenvalue weighted by atomic mass is 9.97. The molecule has 6 heteroatoms. The van der Waals surface area contributed by atoms with Crippen molar-refractivity contribution in [1.82, 2.24) is 4.98 Å². The van der Waals surface area contributed by atoms with Gasteiger partial charge in [-0.15, -0.1) is 0 Å². The number of halogens is 1. The molecule has 0 bridgehead atoms. The summed E-state index contributed by atoms with van der Waals surface area (Å²) in [6.07, 6.45) is 1.77. The molecule has 1 fully saturated rings. The van der Waals surface area contributed by atoms with Gasteiger partial charge in [0.15, 0.2) is 5.13 Å². The Kier molecular flexibility index (Phi) is 4.83. The lowest BCUT2D eigenvalue weighted by Crippen LogP contribution is -2.40. The maximum Gasteiger partial charge on any atom is 0.229 e. The number of thiazole rings is 1. The van der Waals surface area contributed by atoms with E-state index < -0.39 is 0 Å². The molecule has 4 rings (SSSR count). The Hall–Kier alpha value is -2.47. The minimum Gasteiger partial charge on any atom is -0.347 e. The smallest absolute Gasteiger partial charge is 0.229 e. The molecule has 140 valence electrons. The molecule has 1 saturated heterocycles. The standard InChI is InChI=1S/C21H22FN3OS/c1-13-8-9-14(2)17(11-13)23-20(26)15-5-4-10-25(12-15)21-24-19-16(22)6-3-7-18(19)27-21/h3,6-9,11,15H,4-5,10,12H2,1-2H3,(H,23,26). The van der Waals surface area contributed by atoms with Gasteiger partial charge in [-0.05, 0) is 56.0 Å². The fraction of sp³-hybridized carbons (Fsp3) is 0.333. The quantitative estimate of drug-likeness (QED) is 0.699. The molecular weight excluding hydrogens is 361 g/mol. The lowest BCUT2D eigenvalue weighted by molar-refractivity contribution is -0.120. The average molecular weight is 383 g/mol. The van der Waals surface area contributed by atoms with Crippen molar-refractivity contribution in [3.8, 4) is 0 Å². The van der Waals surface area contributed by atoms with Crippen molar-refractivity contribution in [2.75, 3.05) is 23.3 Å². The van der Waals surface area contributed by atoms with Crippen LogP contribution in [0.2, 0.25) is 0 Å². The number of anilines is 2. The van der Waals surface area contributed by atoms with Crippen LogP contribution in [0.1, 0.15) is 24.0 Å². The van der Waals surface area contributed by atoms with Crippen molar-refractivity contribution >= 4 is 38.3 Å². The number of fused-ring (bicyclic) bond motifs is 1. The van der Waals surface area contributed by atoms with E-state index in [1.54, 1.807) is 6.07 Å². The molecule has 1 N–H and O–H groups in total. The maximum atomic E-state index is 13.9. The highest BCUT2D eigenvalue weighted by atomic mass is 32.1. The SMILES string of the molecule is Cc1ccc(C)c(NC(=O)C2CCCN(c3nc4c(F)cccc4s3)C2)c1. The predicted molar refractivity (Wildman–Crippen MR) is 109 cm³/mol. The minimum atomic E-state index is -0.295. The van der Waals surface area contributed by atoms with Crippen molar-refractivity contribution in [3.63, 3.8) is 0 Å². The number of para-hydroxylation sites is 1. The normalized spacial score (nSPS) is 17.3. The molecule has 4 nitrogen and oxygen atoms in total. The third-order valence-electron chi connectivity index (χ3n) is 5.07. The Morgan fingerprint density at radius 2 is 2.15 bits per heavy atom. The van der Waals surface area contributed by atoms with E-state index >= 15 is 0 Å². The maximum absolute atomic E-state index is 13.9. The molecule has 2 heterocycles. The Morgan fingerprint density at radius 3 is 2.96 bits per heavy atom. The van der Waals surface area contributed by atoms with Gasteiger partial charge in [-0.2, -0.15) is 0 Å². The van der Waals surface area contributed by atoms with Crippen LogP contribution in [0, 0.1) is 25.6 Å².